The van der Waals surface area contributed by atoms with Crippen LogP contribution >= 0.6 is 0 Å². The highest BCUT2D eigenvalue weighted by atomic mass is 19.1. The fourth-order valence-electron chi connectivity index (χ4n) is 4.50. The van der Waals surface area contributed by atoms with Gasteiger partial charge in [-0.2, -0.15) is 0 Å². The van der Waals surface area contributed by atoms with Crippen LogP contribution in [0.2, 0.25) is 0 Å². The Hall–Kier alpha value is -1.92. The van der Waals surface area contributed by atoms with Crippen molar-refractivity contribution in [3.8, 4) is 0 Å². The Morgan fingerprint density at radius 3 is 2.69 bits per heavy atom. The van der Waals surface area contributed by atoms with E-state index < -0.39 is 17.0 Å². The smallest absolute Gasteiger partial charge is 0.310 e. The largest absolute Gasteiger partial charge is 0.494 e. The summed E-state index contributed by atoms with van der Waals surface area (Å²) in [6, 6.07) is 4.74. The summed E-state index contributed by atoms with van der Waals surface area (Å²) in [6.45, 7) is 7.53. The van der Waals surface area contributed by atoms with E-state index in [0.717, 1.165) is 23.3 Å². The Bertz CT molecular complexity index is 781. The molecule has 1 aromatic rings. The Balaban J connectivity index is 1.82. The minimum Gasteiger partial charge on any atom is -0.494 e. The number of aliphatic hydroxyl groups is 1. The minimum atomic E-state index is -0.934. The van der Waals surface area contributed by atoms with Crippen molar-refractivity contribution < 1.29 is 24.1 Å². The SMILES string of the molecule is CC/C=C1\CC(C2(O)CCN(CC(C)(C)C(=O)O)CC2)c2ccc(F)cc2CO1. The molecule has 0 radical (unpaired) electrons. The molecule has 0 saturated carbocycles. The van der Waals surface area contributed by atoms with Gasteiger partial charge in [-0.3, -0.25) is 4.79 Å². The van der Waals surface area contributed by atoms with Gasteiger partial charge in [-0.25, -0.2) is 4.39 Å². The first kappa shape index (κ1) is 21.8. The van der Waals surface area contributed by atoms with Gasteiger partial charge in [0, 0.05) is 32.0 Å². The first-order valence-corrected chi connectivity index (χ1v) is 10.4. The maximum atomic E-state index is 13.8. The molecular weight excluding hydrogens is 373 g/mol. The molecule has 2 N–H and O–H groups in total. The highest BCUT2D eigenvalue weighted by Crippen LogP contribution is 2.44. The molecule has 0 bridgehead atoms. The fourth-order valence-corrected chi connectivity index (χ4v) is 4.50. The molecule has 160 valence electrons. The number of aliphatic carboxylic acids is 1. The number of fused-ring (bicyclic) bond motifs is 1. The predicted octanol–water partition coefficient (Wildman–Crippen LogP) is 4.06. The van der Waals surface area contributed by atoms with Gasteiger partial charge in [0.05, 0.1) is 16.8 Å². The number of carboxylic acids is 1. The maximum absolute atomic E-state index is 13.8. The van der Waals surface area contributed by atoms with Gasteiger partial charge < -0.3 is 19.8 Å². The molecule has 0 spiro atoms. The summed E-state index contributed by atoms with van der Waals surface area (Å²) >= 11 is 0. The Labute approximate surface area is 172 Å². The number of carboxylic acid groups (broad SMARTS) is 1. The number of ether oxygens (including phenoxy) is 1. The molecule has 29 heavy (non-hydrogen) atoms. The van der Waals surface area contributed by atoms with Crippen LogP contribution in [-0.2, 0) is 16.1 Å². The van der Waals surface area contributed by atoms with Crippen molar-refractivity contribution in [1.82, 2.24) is 4.90 Å². The number of rotatable bonds is 5. The molecule has 5 nitrogen and oxygen atoms in total. The van der Waals surface area contributed by atoms with E-state index in [0.29, 0.717) is 45.5 Å². The average Bonchev–Trinajstić information content (AvgIpc) is 2.84. The lowest BCUT2D eigenvalue weighted by Crippen LogP contribution is -2.51. The second kappa shape index (κ2) is 8.44. The first-order chi connectivity index (χ1) is 13.6. The highest BCUT2D eigenvalue weighted by molar-refractivity contribution is 5.73. The third kappa shape index (κ3) is 4.81. The Morgan fingerprint density at radius 1 is 1.38 bits per heavy atom. The number of nitrogens with zero attached hydrogens (tertiary/aromatic N) is 1. The number of hydrogen-bond acceptors (Lipinski definition) is 4. The van der Waals surface area contributed by atoms with Crippen molar-refractivity contribution >= 4 is 5.97 Å². The van der Waals surface area contributed by atoms with E-state index in [1.54, 1.807) is 19.9 Å². The van der Waals surface area contributed by atoms with Crippen LogP contribution in [0.5, 0.6) is 0 Å². The van der Waals surface area contributed by atoms with Gasteiger partial charge in [0.15, 0.2) is 0 Å². The zero-order valence-electron chi connectivity index (χ0n) is 17.6. The molecule has 1 atom stereocenters. The number of piperidine rings is 1. The van der Waals surface area contributed by atoms with E-state index in [-0.39, 0.29) is 11.7 Å². The second-order valence-corrected chi connectivity index (χ2v) is 9.04. The molecule has 1 saturated heterocycles. The summed E-state index contributed by atoms with van der Waals surface area (Å²) in [7, 11) is 0. The molecule has 0 aliphatic carbocycles. The van der Waals surface area contributed by atoms with Gasteiger partial charge in [-0.05, 0) is 62.4 Å². The van der Waals surface area contributed by atoms with Crippen molar-refractivity contribution in [1.29, 1.82) is 0 Å². The Kier molecular flexibility index (Phi) is 6.34. The maximum Gasteiger partial charge on any atom is 0.310 e. The van der Waals surface area contributed by atoms with Crippen LogP contribution in [0.1, 0.15) is 63.5 Å². The van der Waals surface area contributed by atoms with Gasteiger partial charge in [-0.1, -0.05) is 13.0 Å². The number of likely N-dealkylation sites (tertiary alicyclic amines) is 1. The van der Waals surface area contributed by atoms with Crippen LogP contribution in [0.15, 0.2) is 30.0 Å². The molecule has 1 fully saturated rings. The van der Waals surface area contributed by atoms with E-state index in [1.807, 2.05) is 13.0 Å². The normalized spacial score (nSPS) is 23.9. The van der Waals surface area contributed by atoms with E-state index in [4.69, 9.17) is 4.74 Å². The monoisotopic (exact) mass is 405 g/mol. The highest BCUT2D eigenvalue weighted by Gasteiger charge is 2.43. The lowest BCUT2D eigenvalue weighted by Gasteiger charge is -2.44. The molecule has 2 aliphatic rings. The number of halogens is 1. The number of hydrogen-bond donors (Lipinski definition) is 2. The van der Waals surface area contributed by atoms with Gasteiger partial charge in [-0.15, -0.1) is 0 Å². The van der Waals surface area contributed by atoms with Crippen molar-refractivity contribution in [2.24, 2.45) is 5.41 Å². The van der Waals surface area contributed by atoms with E-state index in [2.05, 4.69) is 4.90 Å². The zero-order chi connectivity index (χ0) is 21.2. The molecule has 6 heteroatoms. The van der Waals surface area contributed by atoms with Crippen molar-refractivity contribution in [3.63, 3.8) is 0 Å². The van der Waals surface area contributed by atoms with E-state index >= 15 is 0 Å². The summed E-state index contributed by atoms with van der Waals surface area (Å²) in [5, 5.41) is 21.0. The third-order valence-electron chi connectivity index (χ3n) is 6.30. The fraction of sp³-hybridized carbons (Fsp3) is 0.609. The van der Waals surface area contributed by atoms with E-state index in [9.17, 15) is 19.4 Å². The quantitative estimate of drug-likeness (QED) is 0.773. The average molecular weight is 406 g/mol. The number of allylic oxidation sites excluding steroid dienone is 2. The van der Waals surface area contributed by atoms with Crippen LogP contribution in [0, 0.1) is 11.2 Å². The number of carbonyl (C=O) groups is 1. The van der Waals surface area contributed by atoms with Gasteiger partial charge >= 0.3 is 5.97 Å². The van der Waals surface area contributed by atoms with Gasteiger partial charge in [0.25, 0.3) is 0 Å². The molecule has 0 aromatic heterocycles. The Morgan fingerprint density at radius 2 is 2.07 bits per heavy atom. The molecule has 3 rings (SSSR count). The van der Waals surface area contributed by atoms with Crippen LogP contribution in [-0.4, -0.2) is 46.3 Å². The van der Waals surface area contributed by atoms with Crippen molar-refractivity contribution in [3.05, 3.63) is 47.0 Å². The van der Waals surface area contributed by atoms with Crippen LogP contribution in [0.4, 0.5) is 4.39 Å². The van der Waals surface area contributed by atoms with Crippen LogP contribution in [0.25, 0.3) is 0 Å². The molecule has 2 aliphatic heterocycles. The second-order valence-electron chi connectivity index (χ2n) is 9.04. The predicted molar refractivity (Wildman–Crippen MR) is 109 cm³/mol. The lowest BCUT2D eigenvalue weighted by atomic mass is 9.72. The topological polar surface area (TPSA) is 70.0 Å². The zero-order valence-corrected chi connectivity index (χ0v) is 17.6. The number of benzene rings is 1. The molecule has 1 aromatic carbocycles. The summed E-state index contributed by atoms with van der Waals surface area (Å²) in [4.78, 5) is 13.6. The minimum absolute atomic E-state index is 0.173. The first-order valence-electron chi connectivity index (χ1n) is 10.4. The van der Waals surface area contributed by atoms with Gasteiger partial charge in [0.1, 0.15) is 12.4 Å². The molecular formula is C23H32FNO4. The van der Waals surface area contributed by atoms with Crippen molar-refractivity contribution in [2.45, 2.75) is 64.6 Å². The van der Waals surface area contributed by atoms with Crippen LogP contribution < -0.4 is 0 Å². The summed E-state index contributed by atoms with van der Waals surface area (Å²) < 4.78 is 19.7. The summed E-state index contributed by atoms with van der Waals surface area (Å²) in [6.07, 6.45) is 4.54. The molecule has 0 amide bonds. The van der Waals surface area contributed by atoms with E-state index in [1.165, 1.54) is 12.1 Å². The summed E-state index contributed by atoms with van der Waals surface area (Å²) in [5.41, 5.74) is -0.0193. The standard InChI is InChI=1S/C23H32FNO4/c1-4-5-18-13-20(19-7-6-17(24)12-16(19)14-29-18)23(28)8-10-25(11-9-23)15-22(2,3)21(26)27/h5-7,12,20,28H,4,8-11,13-15H2,1-3H3,(H,26,27)/b18-5+. The summed E-state index contributed by atoms with van der Waals surface area (Å²) in [5.74, 6) is -0.443. The van der Waals surface area contributed by atoms with Crippen LogP contribution in [0.3, 0.4) is 0 Å². The third-order valence-corrected chi connectivity index (χ3v) is 6.30. The lowest BCUT2D eigenvalue weighted by molar-refractivity contribution is -0.148. The van der Waals surface area contributed by atoms with Gasteiger partial charge in [0.2, 0.25) is 0 Å². The van der Waals surface area contributed by atoms with Crippen molar-refractivity contribution in [2.75, 3.05) is 19.6 Å². The molecule has 2 heterocycles. The molecule has 1 unspecified atom stereocenters.